The second-order valence-corrected chi connectivity index (χ2v) is 7.32. The molecule has 0 amide bonds. The molecule has 1 saturated heterocycles. The lowest BCUT2D eigenvalue weighted by Gasteiger charge is -2.33. The first-order valence-corrected chi connectivity index (χ1v) is 8.98. The lowest BCUT2D eigenvalue weighted by molar-refractivity contribution is -0.113. The summed E-state index contributed by atoms with van der Waals surface area (Å²) in [7, 11) is -1.73. The van der Waals surface area contributed by atoms with Crippen LogP contribution < -0.4 is 4.72 Å². The van der Waals surface area contributed by atoms with Gasteiger partial charge in [0.25, 0.3) is 0 Å². The van der Waals surface area contributed by atoms with Crippen LogP contribution in [-0.2, 0) is 32.5 Å². The molecule has 1 fully saturated rings. The van der Waals surface area contributed by atoms with Gasteiger partial charge in [0.15, 0.2) is 5.76 Å². The first-order valence-electron chi connectivity index (χ1n) is 7.09. The summed E-state index contributed by atoms with van der Waals surface area (Å²) >= 11 is 0. The fourth-order valence-electron chi connectivity index (χ4n) is 2.41. The largest absolute Gasteiger partial charge is 0.390 e. The Morgan fingerprint density at radius 3 is 2.95 bits per heavy atom. The molecule has 1 aliphatic heterocycles. The first kappa shape index (κ1) is 17.4. The molecule has 8 nitrogen and oxygen atoms in total. The zero-order chi connectivity index (χ0) is 16.2. The molecule has 22 heavy (non-hydrogen) atoms. The molecule has 0 aliphatic carbocycles. The minimum absolute atomic E-state index is 0.0598. The molecule has 1 aromatic rings. The summed E-state index contributed by atoms with van der Waals surface area (Å²) in [5.41, 5.74) is 0.753. The quantitative estimate of drug-likeness (QED) is 0.711. The van der Waals surface area contributed by atoms with E-state index in [-0.39, 0.29) is 12.6 Å². The Morgan fingerprint density at radius 1 is 1.50 bits per heavy atom. The van der Waals surface area contributed by atoms with Gasteiger partial charge in [-0.05, 0) is 12.8 Å². The Labute approximate surface area is 129 Å². The van der Waals surface area contributed by atoms with Crippen molar-refractivity contribution in [3.8, 4) is 0 Å². The maximum Gasteiger partial charge on any atom is 0.208 e. The number of aliphatic hydroxyl groups excluding tert-OH is 1. The Morgan fingerprint density at radius 2 is 2.27 bits per heavy atom. The van der Waals surface area contributed by atoms with E-state index >= 15 is 0 Å². The van der Waals surface area contributed by atoms with Crippen molar-refractivity contribution in [2.45, 2.75) is 44.2 Å². The number of hydrogen-bond acceptors (Lipinski definition) is 7. The van der Waals surface area contributed by atoms with Crippen LogP contribution >= 0.6 is 0 Å². The van der Waals surface area contributed by atoms with Crippen LogP contribution in [0.25, 0.3) is 0 Å². The van der Waals surface area contributed by atoms with Crippen molar-refractivity contribution in [2.24, 2.45) is 0 Å². The molecule has 0 radical (unpaired) electrons. The summed E-state index contributed by atoms with van der Waals surface area (Å²) in [6.45, 7) is 0.419. The van der Waals surface area contributed by atoms with Crippen molar-refractivity contribution >= 4 is 10.0 Å². The monoisotopic (exact) mass is 334 g/mol. The van der Waals surface area contributed by atoms with Gasteiger partial charge in [-0.15, -0.1) is 0 Å². The third-order valence-corrected chi connectivity index (χ3v) is 4.15. The zero-order valence-corrected chi connectivity index (χ0v) is 13.5. The van der Waals surface area contributed by atoms with E-state index < -0.39 is 22.2 Å². The van der Waals surface area contributed by atoms with Gasteiger partial charge in [0.2, 0.25) is 10.0 Å². The van der Waals surface area contributed by atoms with Crippen LogP contribution in [0, 0.1) is 0 Å². The number of hydrogen-bond donors (Lipinski definition) is 2. The topological polar surface area (TPSA) is 111 Å². The number of rotatable bonds is 7. The highest BCUT2D eigenvalue weighted by Crippen LogP contribution is 2.22. The Kier molecular flexibility index (Phi) is 5.93. The van der Waals surface area contributed by atoms with Gasteiger partial charge in [0, 0.05) is 26.1 Å². The number of ether oxygens (including phenoxy) is 2. The van der Waals surface area contributed by atoms with Crippen LogP contribution in [0.5, 0.6) is 0 Å². The maximum absolute atomic E-state index is 11.1. The van der Waals surface area contributed by atoms with Crippen molar-refractivity contribution in [1.29, 1.82) is 0 Å². The fraction of sp³-hybridized carbons (Fsp3) is 0.769. The molecule has 2 rings (SSSR count). The molecule has 0 bridgehead atoms. The Hall–Kier alpha value is -1.00. The SMILES string of the molecule is COCc1cc(C[C@@H]2CC[C@H](O)[C@@H](CNS(C)(=O)=O)O2)no1. The molecule has 0 saturated carbocycles. The highest BCUT2D eigenvalue weighted by molar-refractivity contribution is 7.88. The smallest absolute Gasteiger partial charge is 0.208 e. The third kappa shape index (κ3) is 5.33. The van der Waals surface area contributed by atoms with E-state index in [1.807, 2.05) is 6.07 Å². The van der Waals surface area contributed by atoms with Crippen LogP contribution in [0.1, 0.15) is 24.3 Å². The maximum atomic E-state index is 11.1. The van der Waals surface area contributed by atoms with Crippen LogP contribution in [0.2, 0.25) is 0 Å². The highest BCUT2D eigenvalue weighted by atomic mass is 32.2. The highest BCUT2D eigenvalue weighted by Gasteiger charge is 2.31. The molecule has 126 valence electrons. The zero-order valence-electron chi connectivity index (χ0n) is 12.7. The predicted molar refractivity (Wildman–Crippen MR) is 77.7 cm³/mol. The molecule has 1 aromatic heterocycles. The van der Waals surface area contributed by atoms with E-state index in [1.165, 1.54) is 0 Å². The normalized spacial score (nSPS) is 26.2. The molecule has 3 atom stereocenters. The molecule has 1 aliphatic rings. The van der Waals surface area contributed by atoms with Crippen molar-refractivity contribution < 1.29 is 27.5 Å². The number of nitrogens with zero attached hydrogens (tertiary/aromatic N) is 1. The molecule has 2 N–H and O–H groups in total. The third-order valence-electron chi connectivity index (χ3n) is 3.46. The van der Waals surface area contributed by atoms with Crippen molar-refractivity contribution in [3.63, 3.8) is 0 Å². The van der Waals surface area contributed by atoms with Gasteiger partial charge in [0.05, 0.1) is 30.3 Å². The summed E-state index contributed by atoms with van der Waals surface area (Å²) < 4.78 is 40.5. The van der Waals surface area contributed by atoms with Gasteiger partial charge in [-0.1, -0.05) is 5.16 Å². The molecule has 9 heteroatoms. The molecule has 0 spiro atoms. The van der Waals surface area contributed by atoms with Crippen molar-refractivity contribution in [3.05, 3.63) is 17.5 Å². The number of aliphatic hydroxyl groups is 1. The fourth-order valence-corrected chi connectivity index (χ4v) is 2.88. The van der Waals surface area contributed by atoms with Gasteiger partial charge in [-0.2, -0.15) is 0 Å². The average molecular weight is 334 g/mol. The second kappa shape index (κ2) is 7.51. The summed E-state index contributed by atoms with van der Waals surface area (Å²) in [4.78, 5) is 0. The van der Waals surface area contributed by atoms with E-state index in [0.717, 1.165) is 11.9 Å². The van der Waals surface area contributed by atoms with E-state index in [9.17, 15) is 13.5 Å². The van der Waals surface area contributed by atoms with Gasteiger partial charge in [-0.25, -0.2) is 13.1 Å². The van der Waals surface area contributed by atoms with Crippen molar-refractivity contribution in [1.82, 2.24) is 9.88 Å². The summed E-state index contributed by atoms with van der Waals surface area (Å²) in [5, 5.41) is 13.9. The van der Waals surface area contributed by atoms with Gasteiger partial charge in [0.1, 0.15) is 6.61 Å². The number of nitrogens with one attached hydrogen (secondary N) is 1. The van der Waals surface area contributed by atoms with Crippen LogP contribution in [0.4, 0.5) is 0 Å². The van der Waals surface area contributed by atoms with E-state index in [2.05, 4.69) is 9.88 Å². The number of sulfonamides is 1. The van der Waals surface area contributed by atoms with E-state index in [0.29, 0.717) is 31.6 Å². The number of methoxy groups -OCH3 is 1. The standard InChI is InChI=1S/C13H22N2O6S/c1-19-8-11-6-9(15-21-11)5-10-3-4-12(16)13(20-10)7-14-22(2,17)18/h6,10,12-14,16H,3-5,7-8H2,1-2H3/t10-,12-,13+/m0/s1. The molecule has 0 aromatic carbocycles. The van der Waals surface area contributed by atoms with Gasteiger partial charge < -0.3 is 19.1 Å². The van der Waals surface area contributed by atoms with Crippen LogP contribution in [0.15, 0.2) is 10.6 Å². The molecule has 2 heterocycles. The minimum atomic E-state index is -3.31. The van der Waals surface area contributed by atoms with Gasteiger partial charge in [-0.3, -0.25) is 0 Å². The van der Waals surface area contributed by atoms with E-state index in [4.69, 9.17) is 14.0 Å². The second-order valence-electron chi connectivity index (χ2n) is 5.48. The summed E-state index contributed by atoms with van der Waals surface area (Å²) in [6, 6.07) is 1.81. The van der Waals surface area contributed by atoms with Crippen LogP contribution in [0.3, 0.4) is 0 Å². The lowest BCUT2D eigenvalue weighted by atomic mass is 9.98. The molecular formula is C13H22N2O6S. The molecular weight excluding hydrogens is 312 g/mol. The Balaban J connectivity index is 1.89. The molecule has 0 unspecified atom stereocenters. The first-order chi connectivity index (χ1) is 10.4. The summed E-state index contributed by atoms with van der Waals surface area (Å²) in [5.74, 6) is 0.642. The lowest BCUT2D eigenvalue weighted by Crippen LogP contribution is -2.46. The summed E-state index contributed by atoms with van der Waals surface area (Å²) in [6.07, 6.45) is 1.51. The Bertz CT molecular complexity index is 573. The average Bonchev–Trinajstić information content (AvgIpc) is 2.86. The number of aromatic nitrogens is 1. The van der Waals surface area contributed by atoms with Gasteiger partial charge >= 0.3 is 0 Å². The van der Waals surface area contributed by atoms with Crippen molar-refractivity contribution in [2.75, 3.05) is 19.9 Å². The predicted octanol–water partition coefficient (Wildman–Crippen LogP) is -0.179. The van der Waals surface area contributed by atoms with E-state index in [1.54, 1.807) is 7.11 Å². The minimum Gasteiger partial charge on any atom is -0.390 e. The van der Waals surface area contributed by atoms with Crippen LogP contribution in [-0.4, -0.2) is 56.9 Å².